The van der Waals surface area contributed by atoms with E-state index in [0.717, 1.165) is 30.0 Å². The lowest BCUT2D eigenvalue weighted by atomic mass is 10.0. The van der Waals surface area contributed by atoms with E-state index in [2.05, 4.69) is 10.2 Å². The fraction of sp³-hybridized carbons (Fsp3) is 0.368. The summed E-state index contributed by atoms with van der Waals surface area (Å²) in [6.45, 7) is 3.70. The van der Waals surface area contributed by atoms with Gasteiger partial charge in [0.25, 0.3) is 5.91 Å². The van der Waals surface area contributed by atoms with Crippen molar-refractivity contribution in [1.29, 1.82) is 0 Å². The highest BCUT2D eigenvalue weighted by molar-refractivity contribution is 7.17. The molecule has 0 unspecified atom stereocenters. The van der Waals surface area contributed by atoms with Gasteiger partial charge in [-0.25, -0.2) is 4.79 Å². The van der Waals surface area contributed by atoms with Gasteiger partial charge in [-0.3, -0.25) is 4.79 Å². The average Bonchev–Trinajstić information content (AvgIpc) is 2.98. The summed E-state index contributed by atoms with van der Waals surface area (Å²) in [5.41, 5.74) is 1.90. The number of amides is 1. The zero-order valence-electron chi connectivity index (χ0n) is 15.1. The minimum atomic E-state index is -0.384. The maximum absolute atomic E-state index is 12.8. The van der Waals surface area contributed by atoms with E-state index in [1.807, 2.05) is 7.05 Å². The van der Waals surface area contributed by atoms with E-state index in [4.69, 9.17) is 9.47 Å². The Labute approximate surface area is 156 Å². The van der Waals surface area contributed by atoms with Gasteiger partial charge in [-0.2, -0.15) is 0 Å². The SMILES string of the molecule is CCOC(=O)c1c(NC(=O)c2ccccc2OC)sc2c1CCN(C)C2. The number of likely N-dealkylation sites (N-methyl/N-ethyl adjacent to an activating group) is 1. The molecule has 2 aromatic rings. The van der Waals surface area contributed by atoms with Crippen LogP contribution < -0.4 is 10.1 Å². The second kappa shape index (κ2) is 7.88. The van der Waals surface area contributed by atoms with Crippen molar-refractivity contribution in [3.63, 3.8) is 0 Å². The second-order valence-corrected chi connectivity index (χ2v) is 7.18. The first-order chi connectivity index (χ1) is 12.5. The molecule has 1 aliphatic heterocycles. The molecule has 1 aromatic carbocycles. The first-order valence-corrected chi connectivity index (χ1v) is 9.31. The predicted octanol–water partition coefficient (Wildman–Crippen LogP) is 3.17. The Kier molecular flexibility index (Phi) is 5.58. The van der Waals surface area contributed by atoms with Crippen LogP contribution in [0.2, 0.25) is 0 Å². The average molecular weight is 374 g/mol. The van der Waals surface area contributed by atoms with E-state index in [-0.39, 0.29) is 11.9 Å². The maximum Gasteiger partial charge on any atom is 0.341 e. The fourth-order valence-corrected chi connectivity index (χ4v) is 4.35. The number of thiophene rings is 1. The number of hydrogen-bond acceptors (Lipinski definition) is 6. The van der Waals surface area contributed by atoms with Crippen molar-refractivity contribution in [2.75, 3.05) is 32.6 Å². The fourth-order valence-electron chi connectivity index (χ4n) is 3.04. The highest BCUT2D eigenvalue weighted by Gasteiger charge is 2.29. The van der Waals surface area contributed by atoms with Crippen LogP contribution in [0.4, 0.5) is 5.00 Å². The quantitative estimate of drug-likeness (QED) is 0.814. The highest BCUT2D eigenvalue weighted by Crippen LogP contribution is 2.38. The third-order valence-corrected chi connectivity index (χ3v) is 5.44. The third-order valence-electron chi connectivity index (χ3n) is 4.31. The minimum Gasteiger partial charge on any atom is -0.496 e. The van der Waals surface area contributed by atoms with Gasteiger partial charge in [0.2, 0.25) is 0 Å². The van der Waals surface area contributed by atoms with Crippen LogP contribution >= 0.6 is 11.3 Å². The predicted molar refractivity (Wildman–Crippen MR) is 101 cm³/mol. The first-order valence-electron chi connectivity index (χ1n) is 8.49. The lowest BCUT2D eigenvalue weighted by Gasteiger charge is -2.22. The summed E-state index contributed by atoms with van der Waals surface area (Å²) in [4.78, 5) is 28.6. The van der Waals surface area contributed by atoms with Crippen LogP contribution in [0.25, 0.3) is 0 Å². The van der Waals surface area contributed by atoms with Gasteiger partial charge < -0.3 is 19.7 Å². The Bertz CT molecular complexity index is 831. The summed E-state index contributed by atoms with van der Waals surface area (Å²) in [6, 6.07) is 7.01. The molecule has 0 aliphatic carbocycles. The Morgan fingerprint density at radius 3 is 2.81 bits per heavy atom. The monoisotopic (exact) mass is 374 g/mol. The van der Waals surface area contributed by atoms with Gasteiger partial charge >= 0.3 is 5.97 Å². The smallest absolute Gasteiger partial charge is 0.341 e. The topological polar surface area (TPSA) is 67.9 Å². The lowest BCUT2D eigenvalue weighted by Crippen LogP contribution is -2.26. The molecule has 7 heteroatoms. The number of anilines is 1. The van der Waals surface area contributed by atoms with Gasteiger partial charge in [0.15, 0.2) is 0 Å². The Morgan fingerprint density at radius 2 is 2.08 bits per heavy atom. The van der Waals surface area contributed by atoms with Crippen molar-refractivity contribution in [3.8, 4) is 5.75 Å². The molecular weight excluding hydrogens is 352 g/mol. The second-order valence-electron chi connectivity index (χ2n) is 6.07. The molecule has 1 amide bonds. The molecule has 26 heavy (non-hydrogen) atoms. The molecular formula is C19H22N2O4S. The van der Waals surface area contributed by atoms with Crippen LogP contribution in [-0.4, -0.2) is 44.1 Å². The Hall–Kier alpha value is -2.38. The molecule has 0 bridgehead atoms. The minimum absolute atomic E-state index is 0.295. The van der Waals surface area contributed by atoms with Crippen molar-refractivity contribution < 1.29 is 19.1 Å². The van der Waals surface area contributed by atoms with Crippen molar-refractivity contribution in [1.82, 2.24) is 4.90 Å². The number of fused-ring (bicyclic) bond motifs is 1. The molecule has 1 aliphatic rings. The van der Waals surface area contributed by atoms with Crippen molar-refractivity contribution in [2.45, 2.75) is 19.9 Å². The summed E-state index contributed by atoms with van der Waals surface area (Å²) in [7, 11) is 3.57. The van der Waals surface area contributed by atoms with Gasteiger partial charge in [0.05, 0.1) is 24.8 Å². The normalized spacial score (nSPS) is 13.8. The van der Waals surface area contributed by atoms with Gasteiger partial charge in [-0.1, -0.05) is 12.1 Å². The number of carbonyl (C=O) groups is 2. The number of ether oxygens (including phenoxy) is 2. The highest BCUT2D eigenvalue weighted by atomic mass is 32.1. The van der Waals surface area contributed by atoms with Crippen LogP contribution in [-0.2, 0) is 17.7 Å². The maximum atomic E-state index is 12.8. The molecule has 1 aromatic heterocycles. The standard InChI is InChI=1S/C19H22N2O4S/c1-4-25-19(23)16-13-9-10-21(2)11-15(13)26-18(16)20-17(22)12-7-5-6-8-14(12)24-3/h5-8H,4,9-11H2,1-3H3,(H,20,22). The molecule has 0 radical (unpaired) electrons. The number of benzene rings is 1. The molecule has 0 saturated carbocycles. The number of nitrogens with zero attached hydrogens (tertiary/aromatic N) is 1. The van der Waals surface area contributed by atoms with Crippen LogP contribution in [0.15, 0.2) is 24.3 Å². The molecule has 0 spiro atoms. The zero-order chi connectivity index (χ0) is 18.7. The van der Waals surface area contributed by atoms with E-state index >= 15 is 0 Å². The number of carbonyl (C=O) groups excluding carboxylic acids is 2. The summed E-state index contributed by atoms with van der Waals surface area (Å²) in [6.07, 6.45) is 0.765. The number of hydrogen-bond donors (Lipinski definition) is 1. The van der Waals surface area contributed by atoms with Crippen LogP contribution in [0.5, 0.6) is 5.75 Å². The molecule has 2 heterocycles. The van der Waals surface area contributed by atoms with E-state index in [9.17, 15) is 9.59 Å². The molecule has 3 rings (SSSR count). The first kappa shape index (κ1) is 18.4. The number of nitrogens with one attached hydrogen (secondary N) is 1. The van der Waals surface area contributed by atoms with Crippen molar-refractivity contribution >= 4 is 28.2 Å². The van der Waals surface area contributed by atoms with E-state index in [1.165, 1.54) is 18.4 Å². The van der Waals surface area contributed by atoms with Gasteiger partial charge in [0, 0.05) is 18.0 Å². The number of para-hydroxylation sites is 1. The van der Waals surface area contributed by atoms with Crippen LogP contribution in [0.1, 0.15) is 38.1 Å². The number of rotatable bonds is 5. The lowest BCUT2D eigenvalue weighted by molar-refractivity contribution is 0.0526. The van der Waals surface area contributed by atoms with Crippen molar-refractivity contribution in [3.05, 3.63) is 45.8 Å². The summed E-state index contributed by atoms with van der Waals surface area (Å²) >= 11 is 1.44. The van der Waals surface area contributed by atoms with E-state index in [0.29, 0.717) is 28.5 Å². The van der Waals surface area contributed by atoms with Crippen LogP contribution in [0.3, 0.4) is 0 Å². The Balaban J connectivity index is 1.96. The summed E-state index contributed by atoms with van der Waals surface area (Å²) < 4.78 is 10.5. The van der Waals surface area contributed by atoms with E-state index < -0.39 is 0 Å². The zero-order valence-corrected chi connectivity index (χ0v) is 15.9. The third kappa shape index (κ3) is 3.59. The van der Waals surface area contributed by atoms with Crippen LogP contribution in [0, 0.1) is 0 Å². The van der Waals surface area contributed by atoms with Gasteiger partial charge in [0.1, 0.15) is 10.8 Å². The van der Waals surface area contributed by atoms with Gasteiger partial charge in [-0.05, 0) is 38.1 Å². The summed E-state index contributed by atoms with van der Waals surface area (Å²) in [5.74, 6) is -0.200. The number of methoxy groups -OCH3 is 1. The number of esters is 1. The molecule has 0 fully saturated rings. The Morgan fingerprint density at radius 1 is 1.31 bits per heavy atom. The molecule has 6 nitrogen and oxygen atoms in total. The molecule has 0 saturated heterocycles. The summed E-state index contributed by atoms with van der Waals surface area (Å²) in [5, 5.41) is 3.43. The molecule has 0 atom stereocenters. The largest absolute Gasteiger partial charge is 0.496 e. The molecule has 138 valence electrons. The van der Waals surface area contributed by atoms with Crippen molar-refractivity contribution in [2.24, 2.45) is 0 Å². The van der Waals surface area contributed by atoms with Gasteiger partial charge in [-0.15, -0.1) is 11.3 Å². The molecule has 1 N–H and O–H groups in total. The van der Waals surface area contributed by atoms with E-state index in [1.54, 1.807) is 31.2 Å².